The van der Waals surface area contributed by atoms with E-state index in [1.54, 1.807) is 0 Å². The first-order chi connectivity index (χ1) is 10.7. The Kier molecular flexibility index (Phi) is 15.9. The molecule has 0 aromatic carbocycles. The van der Waals surface area contributed by atoms with Gasteiger partial charge in [0.15, 0.2) is 0 Å². The van der Waals surface area contributed by atoms with Crippen molar-refractivity contribution in [2.45, 2.75) is 103 Å². The van der Waals surface area contributed by atoms with Gasteiger partial charge in [-0.1, -0.05) is 84.0 Å². The van der Waals surface area contributed by atoms with Gasteiger partial charge in [0.2, 0.25) is 0 Å². The van der Waals surface area contributed by atoms with Crippen LogP contribution in [0.25, 0.3) is 0 Å². The predicted octanol–water partition coefficient (Wildman–Crippen LogP) is 5.76. The highest BCUT2D eigenvalue weighted by Crippen LogP contribution is 2.21. The molecule has 1 atom stereocenters. The van der Waals surface area contributed by atoms with Crippen molar-refractivity contribution in [2.75, 3.05) is 0 Å². The van der Waals surface area contributed by atoms with E-state index in [-0.39, 0.29) is 6.42 Å². The first kappa shape index (κ1) is 21.1. The fourth-order valence-corrected chi connectivity index (χ4v) is 2.97. The number of carboxylic acids is 1. The summed E-state index contributed by atoms with van der Waals surface area (Å²) < 4.78 is 0. The smallest absolute Gasteiger partial charge is 0.303 e. The zero-order valence-electron chi connectivity index (χ0n) is 14.5. The standard InChI is InChI=1S/C19H36O3/c1-2-3-4-5-6-7-10-13-18(16-17-20)14-11-8-9-12-15-19(21)22/h17-18H,2-16H2,1H3,(H,21,22). The minimum Gasteiger partial charge on any atom is -0.481 e. The molecular weight excluding hydrogens is 276 g/mol. The maximum atomic E-state index is 10.8. The van der Waals surface area contributed by atoms with E-state index in [0.29, 0.717) is 12.3 Å². The van der Waals surface area contributed by atoms with Crippen molar-refractivity contribution in [1.29, 1.82) is 0 Å². The molecule has 0 radical (unpaired) electrons. The summed E-state index contributed by atoms with van der Waals surface area (Å²) in [5, 5.41) is 8.58. The maximum absolute atomic E-state index is 10.8. The Morgan fingerprint density at radius 1 is 0.864 bits per heavy atom. The van der Waals surface area contributed by atoms with Crippen LogP contribution in [0.4, 0.5) is 0 Å². The molecule has 0 saturated heterocycles. The number of unbranched alkanes of at least 4 members (excludes halogenated alkanes) is 9. The number of rotatable bonds is 17. The average Bonchev–Trinajstić information content (AvgIpc) is 2.49. The fourth-order valence-electron chi connectivity index (χ4n) is 2.97. The first-order valence-corrected chi connectivity index (χ1v) is 9.36. The summed E-state index contributed by atoms with van der Waals surface area (Å²) in [5.41, 5.74) is 0. The molecule has 1 unspecified atom stereocenters. The largest absolute Gasteiger partial charge is 0.481 e. The monoisotopic (exact) mass is 312 g/mol. The van der Waals surface area contributed by atoms with Gasteiger partial charge in [-0.05, 0) is 12.3 Å². The van der Waals surface area contributed by atoms with E-state index in [0.717, 1.165) is 38.4 Å². The van der Waals surface area contributed by atoms with Crippen molar-refractivity contribution in [3.05, 3.63) is 0 Å². The van der Waals surface area contributed by atoms with E-state index in [1.165, 1.54) is 51.4 Å². The normalized spacial score (nSPS) is 12.2. The highest BCUT2D eigenvalue weighted by atomic mass is 16.4. The Balaban J connectivity index is 3.52. The number of aliphatic carboxylic acids is 1. The van der Waals surface area contributed by atoms with Crippen LogP contribution in [0.2, 0.25) is 0 Å². The number of carboxylic acid groups (broad SMARTS) is 1. The van der Waals surface area contributed by atoms with Gasteiger partial charge in [-0.25, -0.2) is 0 Å². The van der Waals surface area contributed by atoms with Gasteiger partial charge in [-0.2, -0.15) is 0 Å². The molecule has 0 bridgehead atoms. The maximum Gasteiger partial charge on any atom is 0.303 e. The second kappa shape index (κ2) is 16.5. The number of carbonyl (C=O) groups excluding carboxylic acids is 1. The van der Waals surface area contributed by atoms with Crippen LogP contribution in [0.3, 0.4) is 0 Å². The molecule has 0 aromatic heterocycles. The molecule has 0 spiro atoms. The summed E-state index contributed by atoms with van der Waals surface area (Å²) in [4.78, 5) is 21.2. The number of hydrogen-bond acceptors (Lipinski definition) is 2. The second-order valence-electron chi connectivity index (χ2n) is 6.53. The molecule has 3 nitrogen and oxygen atoms in total. The topological polar surface area (TPSA) is 54.4 Å². The Labute approximate surface area is 136 Å². The lowest BCUT2D eigenvalue weighted by Crippen LogP contribution is -2.02. The SMILES string of the molecule is CCCCCCCCCC(CC=O)CCCCCCC(=O)O. The van der Waals surface area contributed by atoms with Crippen molar-refractivity contribution >= 4 is 12.3 Å². The molecule has 22 heavy (non-hydrogen) atoms. The molecule has 1 N–H and O–H groups in total. The molecule has 130 valence electrons. The van der Waals surface area contributed by atoms with Crippen molar-refractivity contribution in [1.82, 2.24) is 0 Å². The van der Waals surface area contributed by atoms with Gasteiger partial charge in [0.05, 0.1) is 0 Å². The van der Waals surface area contributed by atoms with Crippen molar-refractivity contribution in [3.63, 3.8) is 0 Å². The Morgan fingerprint density at radius 3 is 1.86 bits per heavy atom. The van der Waals surface area contributed by atoms with Gasteiger partial charge in [-0.15, -0.1) is 0 Å². The molecule has 0 saturated carbocycles. The highest BCUT2D eigenvalue weighted by molar-refractivity contribution is 5.66. The molecule has 0 rings (SSSR count). The van der Waals surface area contributed by atoms with Crippen molar-refractivity contribution < 1.29 is 14.7 Å². The van der Waals surface area contributed by atoms with Crippen LogP contribution < -0.4 is 0 Å². The van der Waals surface area contributed by atoms with Crippen LogP contribution in [0.1, 0.15) is 103 Å². The van der Waals surface area contributed by atoms with E-state index >= 15 is 0 Å². The quantitative estimate of drug-likeness (QED) is 0.274. The lowest BCUT2D eigenvalue weighted by Gasteiger charge is -2.13. The van der Waals surface area contributed by atoms with E-state index < -0.39 is 5.97 Å². The zero-order chi connectivity index (χ0) is 16.5. The molecule has 0 aromatic rings. The third-order valence-electron chi connectivity index (χ3n) is 4.40. The van der Waals surface area contributed by atoms with Gasteiger partial charge >= 0.3 is 5.97 Å². The number of hydrogen-bond donors (Lipinski definition) is 1. The Hall–Kier alpha value is -0.860. The molecule has 0 aliphatic rings. The highest BCUT2D eigenvalue weighted by Gasteiger charge is 2.08. The minimum atomic E-state index is -0.697. The molecular formula is C19H36O3. The fraction of sp³-hybridized carbons (Fsp3) is 0.895. The summed E-state index contributed by atoms with van der Waals surface area (Å²) in [6, 6.07) is 0. The third-order valence-corrected chi connectivity index (χ3v) is 4.40. The van der Waals surface area contributed by atoms with Crippen LogP contribution in [0.15, 0.2) is 0 Å². The van der Waals surface area contributed by atoms with Crippen LogP contribution in [-0.2, 0) is 9.59 Å². The molecule has 0 aliphatic carbocycles. The molecule has 0 aliphatic heterocycles. The summed E-state index contributed by atoms with van der Waals surface area (Å²) in [7, 11) is 0. The van der Waals surface area contributed by atoms with Crippen molar-refractivity contribution in [2.24, 2.45) is 5.92 Å². The van der Waals surface area contributed by atoms with E-state index in [9.17, 15) is 9.59 Å². The first-order valence-electron chi connectivity index (χ1n) is 9.36. The van der Waals surface area contributed by atoms with Crippen LogP contribution >= 0.6 is 0 Å². The summed E-state index contributed by atoms with van der Waals surface area (Å²) in [6.45, 7) is 2.24. The van der Waals surface area contributed by atoms with E-state index in [1.807, 2.05) is 0 Å². The molecule has 0 fully saturated rings. The van der Waals surface area contributed by atoms with Crippen LogP contribution in [0.5, 0.6) is 0 Å². The van der Waals surface area contributed by atoms with Crippen LogP contribution in [0, 0.1) is 5.92 Å². The summed E-state index contributed by atoms with van der Waals surface area (Å²) in [6.07, 6.45) is 17.6. The lowest BCUT2D eigenvalue weighted by atomic mass is 9.92. The summed E-state index contributed by atoms with van der Waals surface area (Å²) >= 11 is 0. The molecule has 0 heterocycles. The van der Waals surface area contributed by atoms with Gasteiger partial charge in [0, 0.05) is 12.8 Å². The Morgan fingerprint density at radius 2 is 1.36 bits per heavy atom. The van der Waals surface area contributed by atoms with Gasteiger partial charge < -0.3 is 9.90 Å². The van der Waals surface area contributed by atoms with E-state index in [4.69, 9.17) is 5.11 Å². The zero-order valence-corrected chi connectivity index (χ0v) is 14.5. The second-order valence-corrected chi connectivity index (χ2v) is 6.53. The van der Waals surface area contributed by atoms with Gasteiger partial charge in [-0.3, -0.25) is 4.79 Å². The van der Waals surface area contributed by atoms with E-state index in [2.05, 4.69) is 6.92 Å². The third kappa shape index (κ3) is 15.5. The molecule has 3 heteroatoms. The van der Waals surface area contributed by atoms with Gasteiger partial charge in [0.25, 0.3) is 0 Å². The number of aldehydes is 1. The van der Waals surface area contributed by atoms with Crippen LogP contribution in [-0.4, -0.2) is 17.4 Å². The number of carbonyl (C=O) groups is 2. The lowest BCUT2D eigenvalue weighted by molar-refractivity contribution is -0.137. The van der Waals surface area contributed by atoms with Crippen molar-refractivity contribution in [3.8, 4) is 0 Å². The minimum absolute atomic E-state index is 0.287. The average molecular weight is 312 g/mol. The predicted molar refractivity (Wildman–Crippen MR) is 92.1 cm³/mol. The summed E-state index contributed by atoms with van der Waals surface area (Å²) in [5.74, 6) is -0.148. The van der Waals surface area contributed by atoms with Gasteiger partial charge in [0.1, 0.15) is 6.29 Å². The molecule has 0 amide bonds. The Bertz CT molecular complexity index is 263.